The van der Waals surface area contributed by atoms with E-state index in [9.17, 15) is 5.11 Å². The molecule has 1 aromatic carbocycles. The summed E-state index contributed by atoms with van der Waals surface area (Å²) in [6.45, 7) is 17.3. The summed E-state index contributed by atoms with van der Waals surface area (Å²) in [4.78, 5) is 0. The fourth-order valence-corrected chi connectivity index (χ4v) is 2.36. The highest BCUT2D eigenvalue weighted by molar-refractivity contribution is 5.46. The van der Waals surface area contributed by atoms with Gasteiger partial charge in [0, 0.05) is 26.2 Å². The Balaban J connectivity index is 0.000000304. The number of hydrogen-bond acceptors (Lipinski definition) is 3. The Morgan fingerprint density at radius 3 is 1.33 bits per heavy atom. The average Bonchev–Trinajstić information content (AvgIpc) is 2.39. The molecule has 21 heavy (non-hydrogen) atoms. The van der Waals surface area contributed by atoms with Crippen molar-refractivity contribution in [2.24, 2.45) is 0 Å². The Kier molecular flexibility index (Phi) is 6.24. The van der Waals surface area contributed by atoms with Crippen molar-refractivity contribution in [2.45, 2.75) is 52.4 Å². The van der Waals surface area contributed by atoms with E-state index in [4.69, 9.17) is 0 Å². The van der Waals surface area contributed by atoms with Crippen LogP contribution in [0.1, 0.15) is 52.7 Å². The molecule has 0 atom stereocenters. The smallest absolute Gasteiger partial charge is 0.123 e. The van der Waals surface area contributed by atoms with Gasteiger partial charge in [-0.3, -0.25) is 0 Å². The van der Waals surface area contributed by atoms with Crippen LogP contribution in [0.3, 0.4) is 0 Å². The maximum Gasteiger partial charge on any atom is 0.123 e. The third-order valence-electron chi connectivity index (χ3n) is 3.61. The van der Waals surface area contributed by atoms with E-state index >= 15 is 0 Å². The van der Waals surface area contributed by atoms with Crippen LogP contribution in [-0.2, 0) is 10.8 Å². The largest absolute Gasteiger partial charge is 0.507 e. The Bertz CT molecular complexity index is 394. The van der Waals surface area contributed by atoms with Crippen LogP contribution < -0.4 is 10.6 Å². The molecule has 0 bridgehead atoms. The summed E-state index contributed by atoms with van der Waals surface area (Å²) in [5.74, 6) is 0.456. The van der Waals surface area contributed by atoms with Crippen molar-refractivity contribution >= 4 is 0 Å². The van der Waals surface area contributed by atoms with Crippen molar-refractivity contribution in [1.82, 2.24) is 10.6 Å². The molecule has 3 nitrogen and oxygen atoms in total. The molecule has 1 aliphatic heterocycles. The minimum absolute atomic E-state index is 0.00859. The first-order valence-electron chi connectivity index (χ1n) is 7.88. The first kappa shape index (κ1) is 18.0. The van der Waals surface area contributed by atoms with E-state index in [1.807, 2.05) is 18.2 Å². The molecule has 0 saturated carbocycles. The lowest BCUT2D eigenvalue weighted by molar-refractivity contribution is 0.423. The molecule has 120 valence electrons. The lowest BCUT2D eigenvalue weighted by Crippen LogP contribution is -2.39. The molecule has 1 fully saturated rings. The van der Waals surface area contributed by atoms with Crippen LogP contribution in [0.15, 0.2) is 18.2 Å². The minimum atomic E-state index is -0.00859. The number of benzene rings is 1. The van der Waals surface area contributed by atoms with Gasteiger partial charge in [0.25, 0.3) is 0 Å². The predicted octanol–water partition coefficient (Wildman–Crippen LogP) is 3.17. The summed E-state index contributed by atoms with van der Waals surface area (Å²) in [6, 6.07) is 6.04. The minimum Gasteiger partial charge on any atom is -0.507 e. The molecule has 1 aromatic rings. The second-order valence-electron chi connectivity index (χ2n) is 7.70. The summed E-state index contributed by atoms with van der Waals surface area (Å²) in [5, 5.41) is 16.7. The van der Waals surface area contributed by atoms with Crippen molar-refractivity contribution in [1.29, 1.82) is 0 Å². The van der Waals surface area contributed by atoms with E-state index < -0.39 is 0 Å². The van der Waals surface area contributed by atoms with Crippen LogP contribution in [0.4, 0.5) is 0 Å². The van der Waals surface area contributed by atoms with Crippen LogP contribution in [0.2, 0.25) is 0 Å². The molecule has 0 radical (unpaired) electrons. The Morgan fingerprint density at radius 2 is 1.10 bits per heavy atom. The first-order chi connectivity index (χ1) is 9.64. The highest BCUT2D eigenvalue weighted by atomic mass is 16.3. The predicted molar refractivity (Wildman–Crippen MR) is 91.2 cm³/mol. The lowest BCUT2D eigenvalue weighted by atomic mass is 9.80. The Morgan fingerprint density at radius 1 is 0.762 bits per heavy atom. The second-order valence-corrected chi connectivity index (χ2v) is 7.70. The standard InChI is InChI=1S/C14H22O.C4H10N2/c1-13(2,3)10-8-7-9-11(12(10)15)14(4,5)6;1-2-6-4-3-5-1/h7-9,15H,1-6H3;5-6H,1-4H2. The lowest BCUT2D eigenvalue weighted by Gasteiger charge is -2.26. The van der Waals surface area contributed by atoms with Crippen LogP contribution in [0, 0.1) is 0 Å². The number of phenolic OH excluding ortho intramolecular Hbond substituents is 1. The normalized spacial score (nSPS) is 16.1. The molecule has 3 N–H and O–H groups in total. The summed E-state index contributed by atoms with van der Waals surface area (Å²) < 4.78 is 0. The SMILES string of the molecule is C1CNCCN1.CC(C)(C)c1cccc(C(C)(C)C)c1O. The molecule has 0 aliphatic carbocycles. The van der Waals surface area contributed by atoms with Gasteiger partial charge in [-0.2, -0.15) is 0 Å². The third kappa shape index (κ3) is 5.68. The fraction of sp³-hybridized carbons (Fsp3) is 0.667. The average molecular weight is 292 g/mol. The Hall–Kier alpha value is -1.06. The molecular weight excluding hydrogens is 260 g/mol. The van der Waals surface area contributed by atoms with Gasteiger partial charge in [0.15, 0.2) is 0 Å². The van der Waals surface area contributed by atoms with Gasteiger partial charge in [0.1, 0.15) is 5.75 Å². The van der Waals surface area contributed by atoms with Gasteiger partial charge in [0.05, 0.1) is 0 Å². The maximum atomic E-state index is 10.3. The quantitative estimate of drug-likeness (QED) is 0.688. The number of para-hydroxylation sites is 1. The molecule has 0 aromatic heterocycles. The molecule has 1 saturated heterocycles. The Labute approximate surface area is 130 Å². The maximum absolute atomic E-state index is 10.3. The van der Waals surface area contributed by atoms with Crippen molar-refractivity contribution in [3.63, 3.8) is 0 Å². The molecule has 1 heterocycles. The van der Waals surface area contributed by atoms with E-state index in [1.54, 1.807) is 0 Å². The molecular formula is C18H32N2O. The summed E-state index contributed by atoms with van der Waals surface area (Å²) in [5.41, 5.74) is 2.03. The van der Waals surface area contributed by atoms with Gasteiger partial charge in [-0.15, -0.1) is 0 Å². The molecule has 3 heteroatoms. The van der Waals surface area contributed by atoms with Crippen molar-refractivity contribution < 1.29 is 5.11 Å². The number of aromatic hydroxyl groups is 1. The van der Waals surface area contributed by atoms with E-state index in [1.165, 1.54) is 0 Å². The molecule has 0 amide bonds. The zero-order chi connectivity index (χ0) is 16.1. The molecule has 0 spiro atoms. The zero-order valence-corrected chi connectivity index (χ0v) is 14.5. The summed E-state index contributed by atoms with van der Waals surface area (Å²) in [7, 11) is 0. The first-order valence-corrected chi connectivity index (χ1v) is 7.88. The topological polar surface area (TPSA) is 44.3 Å². The van der Waals surface area contributed by atoms with Crippen molar-refractivity contribution in [2.75, 3.05) is 26.2 Å². The number of rotatable bonds is 0. The van der Waals surface area contributed by atoms with E-state index in [-0.39, 0.29) is 10.8 Å². The van der Waals surface area contributed by atoms with Crippen molar-refractivity contribution in [3.05, 3.63) is 29.3 Å². The number of hydrogen-bond donors (Lipinski definition) is 3. The van der Waals surface area contributed by atoms with Crippen LogP contribution in [-0.4, -0.2) is 31.3 Å². The third-order valence-corrected chi connectivity index (χ3v) is 3.61. The van der Waals surface area contributed by atoms with Gasteiger partial charge in [0.2, 0.25) is 0 Å². The molecule has 1 aliphatic rings. The van der Waals surface area contributed by atoms with Gasteiger partial charge in [-0.25, -0.2) is 0 Å². The monoisotopic (exact) mass is 292 g/mol. The van der Waals surface area contributed by atoms with Gasteiger partial charge >= 0.3 is 0 Å². The van der Waals surface area contributed by atoms with Gasteiger partial charge in [-0.05, 0) is 22.0 Å². The number of nitrogens with one attached hydrogen (secondary N) is 2. The van der Waals surface area contributed by atoms with Crippen LogP contribution in [0.5, 0.6) is 5.75 Å². The van der Waals surface area contributed by atoms with Crippen LogP contribution in [0.25, 0.3) is 0 Å². The summed E-state index contributed by atoms with van der Waals surface area (Å²) in [6.07, 6.45) is 0. The fourth-order valence-electron chi connectivity index (χ4n) is 2.36. The highest BCUT2D eigenvalue weighted by Gasteiger charge is 2.24. The highest BCUT2D eigenvalue weighted by Crippen LogP contribution is 2.38. The van der Waals surface area contributed by atoms with E-state index in [2.05, 4.69) is 52.2 Å². The van der Waals surface area contributed by atoms with Gasteiger partial charge < -0.3 is 15.7 Å². The molecule has 0 unspecified atom stereocenters. The number of piperazine rings is 1. The van der Waals surface area contributed by atoms with Crippen molar-refractivity contribution in [3.8, 4) is 5.75 Å². The number of phenols is 1. The second kappa shape index (κ2) is 7.28. The van der Waals surface area contributed by atoms with Crippen LogP contribution >= 0.6 is 0 Å². The van der Waals surface area contributed by atoms with Gasteiger partial charge in [-0.1, -0.05) is 59.7 Å². The van der Waals surface area contributed by atoms with E-state index in [0.717, 1.165) is 37.3 Å². The van der Waals surface area contributed by atoms with E-state index in [0.29, 0.717) is 5.75 Å². The summed E-state index contributed by atoms with van der Waals surface area (Å²) >= 11 is 0. The zero-order valence-electron chi connectivity index (χ0n) is 14.5. The molecule has 2 rings (SSSR count).